The minimum absolute atomic E-state index is 0. The average molecular weight is 1680 g/mol. The van der Waals surface area contributed by atoms with Crippen molar-refractivity contribution in [3.05, 3.63) is 486 Å². The predicted octanol–water partition coefficient (Wildman–Crippen LogP) is 13.9. The number of aliphatic imine (C=N–C) groups is 4. The van der Waals surface area contributed by atoms with Crippen LogP contribution >= 0.6 is 0 Å². The van der Waals surface area contributed by atoms with Crippen LogP contribution in [0, 0.1) is 40.5 Å². The van der Waals surface area contributed by atoms with Crippen molar-refractivity contribution >= 4 is 79.6 Å². The number of nitrogens with zero attached hydrogens (tertiary/aromatic N) is 10. The molecule has 0 fully saturated rings. The third kappa shape index (κ3) is 25.1. The van der Waals surface area contributed by atoms with Crippen LogP contribution in [0.2, 0.25) is 0 Å². The summed E-state index contributed by atoms with van der Waals surface area (Å²) in [5, 5.41) is 35.2. The number of ether oxygens (including phenoxy) is 4. The van der Waals surface area contributed by atoms with E-state index >= 15 is 0 Å². The number of hydrogen-bond donors (Lipinski definition) is 0. The molecule has 22 nitrogen and oxygen atoms in total. The Morgan fingerprint density at radius 3 is 0.496 bits per heavy atom. The van der Waals surface area contributed by atoms with Crippen molar-refractivity contribution in [1.82, 2.24) is 9.97 Å². The van der Waals surface area contributed by atoms with E-state index in [0.29, 0.717) is 72.8 Å². The van der Waals surface area contributed by atoms with Crippen LogP contribution < -0.4 is 43.7 Å². The molecule has 618 valence electrons. The van der Waals surface area contributed by atoms with Gasteiger partial charge < -0.3 is 18.9 Å². The van der Waals surface area contributed by atoms with Gasteiger partial charge in [0.25, 0.3) is 0 Å². The van der Waals surface area contributed by atoms with Gasteiger partial charge >= 0.3 is 17.1 Å². The van der Waals surface area contributed by atoms with Crippen LogP contribution in [0.3, 0.4) is 0 Å². The Morgan fingerprint density at radius 2 is 0.358 bits per heavy atom. The molecule has 2 aromatic heterocycles. The summed E-state index contributed by atoms with van der Waals surface area (Å²) in [6.45, 7) is 2.11. The maximum atomic E-state index is 8.81. The van der Waals surface area contributed by atoms with Gasteiger partial charge in [-0.05, 0) is 46.5 Å². The van der Waals surface area contributed by atoms with Gasteiger partial charge in [0.2, 0.25) is 23.6 Å². The van der Waals surface area contributed by atoms with Gasteiger partial charge in [0, 0.05) is 19.7 Å². The second-order valence-corrected chi connectivity index (χ2v) is 28.3. The van der Waals surface area contributed by atoms with Crippen LogP contribution in [-0.4, -0.2) is 120 Å². The van der Waals surface area contributed by atoms with Crippen molar-refractivity contribution in [3.8, 4) is 0 Å². The van der Waals surface area contributed by atoms with E-state index < -0.39 is 32.0 Å². The quantitative estimate of drug-likeness (QED) is 0.0494. The number of nitro groups is 4. The maximum Gasteiger partial charge on any atom is 2.00 e. The molecular formula is C98H90B2FeN10O12. The number of pyridine rings is 2. The summed E-state index contributed by atoms with van der Waals surface area (Å²) in [5.41, 5.74) is 18.1. The first kappa shape index (κ1) is 90.4. The standard InChI is InChI=1S/2C24H20B.2C23H19N3O2.4CH3NO2.Fe/c2*1-5-13-21(14-6-1)25(22-15-7-2-8-16-22,23-17-9-3-10-18-23)24-19-11-4-12-20-24;2*1-3-8-16(9-4-1)20-14-27-22(25-20)18-12-7-13-19(24-18)23-26-21(15-28-23)17-10-5-2-6-11-17;4*1-2(3)4;/h2*1-20H;2*1-13,20-21H,14-15H2;4*1H3;/q2*-1;;;;;;;+2/t;;2*20-,21-;;;;;/m..10...../s1. The normalized spacial score (nSPS) is 14.9. The van der Waals surface area contributed by atoms with E-state index in [1.165, 1.54) is 43.7 Å². The van der Waals surface area contributed by atoms with E-state index in [0.717, 1.165) is 50.4 Å². The van der Waals surface area contributed by atoms with Crippen molar-refractivity contribution in [2.45, 2.75) is 24.2 Å². The fourth-order valence-corrected chi connectivity index (χ4v) is 15.0. The van der Waals surface area contributed by atoms with Crippen LogP contribution in [0.4, 0.5) is 0 Å². The second-order valence-electron chi connectivity index (χ2n) is 28.3. The Bertz CT molecular complexity index is 4870. The molecular weight excluding hydrogens is 1590 g/mol. The molecule has 6 heterocycles. The molecule has 123 heavy (non-hydrogen) atoms. The third-order valence-corrected chi connectivity index (χ3v) is 20.1. The van der Waals surface area contributed by atoms with E-state index in [2.05, 4.69) is 301 Å². The van der Waals surface area contributed by atoms with E-state index in [1.54, 1.807) is 0 Å². The fourth-order valence-electron chi connectivity index (χ4n) is 15.0. The SMILES string of the molecule is C[N+](=O)[O-].C[N+](=O)[O-].C[N+](=O)[O-].C[N+](=O)[O-].[Fe+2].c1ccc([B-](c2ccccc2)(c2ccccc2)c2ccccc2)cc1.c1ccc([B-](c2ccccc2)(c2ccccc2)c2ccccc2)cc1.c1ccc([C@@H]2COC(c3cccc(C4=N[C@H](c5ccccc5)CO4)n3)=N2)cc1.c1ccc([C@H]2COC(c3cccc(C4=N[C@@H](c5ccccc5)CO4)n3)=N2)cc1. The van der Waals surface area contributed by atoms with Crippen LogP contribution in [0.5, 0.6) is 0 Å². The predicted molar refractivity (Wildman–Crippen MR) is 487 cm³/mol. The zero-order valence-corrected chi connectivity index (χ0v) is 69.2. The molecule has 14 aromatic rings. The van der Waals surface area contributed by atoms with Gasteiger partial charge in [-0.2, -0.15) is 43.7 Å². The Labute approximate surface area is 725 Å². The number of rotatable bonds is 16. The topological polar surface area (TPSA) is 285 Å². The van der Waals surface area contributed by atoms with Gasteiger partial charge in [-0.15, -0.1) is 0 Å². The van der Waals surface area contributed by atoms with Gasteiger partial charge in [-0.1, -0.05) is 376 Å². The summed E-state index contributed by atoms with van der Waals surface area (Å²) in [4.78, 5) is 61.4. The van der Waals surface area contributed by atoms with Crippen molar-refractivity contribution < 1.29 is 55.7 Å². The van der Waals surface area contributed by atoms with Crippen LogP contribution in [0.1, 0.15) is 69.2 Å². The van der Waals surface area contributed by atoms with Crippen molar-refractivity contribution in [2.24, 2.45) is 20.0 Å². The van der Waals surface area contributed by atoms with E-state index in [-0.39, 0.29) is 41.2 Å². The molecule has 0 radical (unpaired) electrons. The molecule has 4 aliphatic heterocycles. The molecule has 12 aromatic carbocycles. The zero-order valence-electron chi connectivity index (χ0n) is 68.1. The Morgan fingerprint density at radius 1 is 0.228 bits per heavy atom. The molecule has 4 aliphatic rings. The van der Waals surface area contributed by atoms with Gasteiger partial charge in [0.15, 0.2) is 28.2 Å². The Kier molecular flexibility index (Phi) is 34.1. The van der Waals surface area contributed by atoms with Gasteiger partial charge in [0.1, 0.15) is 85.7 Å². The maximum absolute atomic E-state index is 8.81. The molecule has 0 saturated carbocycles. The molecule has 0 amide bonds. The van der Waals surface area contributed by atoms with Crippen LogP contribution in [-0.2, 0) is 36.0 Å². The monoisotopic (exact) mass is 1680 g/mol. The van der Waals surface area contributed by atoms with Gasteiger partial charge in [-0.3, -0.25) is 40.5 Å². The fraction of sp³-hybridized carbons (Fsp3) is 0.122. The molecule has 0 bridgehead atoms. The largest absolute Gasteiger partial charge is 2.00 e. The Balaban J connectivity index is 0.000000162. The van der Waals surface area contributed by atoms with Crippen molar-refractivity contribution in [1.29, 1.82) is 0 Å². The van der Waals surface area contributed by atoms with Crippen molar-refractivity contribution in [3.63, 3.8) is 0 Å². The second kappa shape index (κ2) is 46.4. The number of hydrogen-bond acceptors (Lipinski definition) is 18. The zero-order chi connectivity index (χ0) is 85.7. The third-order valence-electron chi connectivity index (χ3n) is 20.1. The molecule has 0 N–H and O–H groups in total. The molecule has 4 atom stereocenters. The van der Waals surface area contributed by atoms with E-state index in [1.807, 2.05) is 109 Å². The first-order valence-electron chi connectivity index (χ1n) is 39.6. The number of aromatic nitrogens is 2. The minimum atomic E-state index is -1.22. The van der Waals surface area contributed by atoms with Gasteiger partial charge in [0.05, 0.1) is 0 Å². The first-order valence-corrected chi connectivity index (χ1v) is 39.6. The summed E-state index contributed by atoms with van der Waals surface area (Å²) in [7, 11) is 3.56. The number of benzene rings is 12. The molecule has 0 aliphatic carbocycles. The smallest absolute Gasteiger partial charge is 0.474 e. The minimum Gasteiger partial charge on any atom is -0.474 e. The molecule has 0 spiro atoms. The summed E-state index contributed by atoms with van der Waals surface area (Å²) < 4.78 is 23.3. The van der Waals surface area contributed by atoms with Crippen molar-refractivity contribution in [2.75, 3.05) is 54.6 Å². The summed E-state index contributed by atoms with van der Waals surface area (Å²) in [5.74, 6) is 2.26. The summed E-state index contributed by atoms with van der Waals surface area (Å²) in [6.07, 6.45) is -2.43. The molecule has 0 saturated heterocycles. The first-order chi connectivity index (χ1) is 59.5. The molecule has 25 heteroatoms. The molecule has 18 rings (SSSR count). The summed E-state index contributed by atoms with van der Waals surface area (Å²) >= 11 is 0. The van der Waals surface area contributed by atoms with Gasteiger partial charge in [-0.25, -0.2) is 29.9 Å². The molecule has 0 unspecified atom stereocenters. The average Bonchev–Trinajstić information content (AvgIpc) is 1.46. The van der Waals surface area contributed by atoms with E-state index in [9.17, 15) is 0 Å². The van der Waals surface area contributed by atoms with Crippen LogP contribution in [0.15, 0.2) is 420 Å². The van der Waals surface area contributed by atoms with E-state index in [4.69, 9.17) is 79.4 Å². The Hall–Kier alpha value is -14.9. The summed E-state index contributed by atoms with van der Waals surface area (Å²) in [6, 6.07) is 139. The van der Waals surface area contributed by atoms with Crippen LogP contribution in [0.25, 0.3) is 0 Å².